The molecule has 1 rings (SSSR count). The summed E-state index contributed by atoms with van der Waals surface area (Å²) in [6.07, 6.45) is 2.09. The number of nitrogens with two attached hydrogens (primary N) is 1. The minimum atomic E-state index is -1.36. The molecule has 0 unspecified atom stereocenters. The Morgan fingerprint density at radius 3 is 2.35 bits per heavy atom. The summed E-state index contributed by atoms with van der Waals surface area (Å²) in [4.78, 5) is 33.0. The Morgan fingerprint density at radius 1 is 1.25 bits per heavy atom. The van der Waals surface area contributed by atoms with Gasteiger partial charge in [0.05, 0.1) is 6.42 Å². The van der Waals surface area contributed by atoms with Crippen molar-refractivity contribution >= 4 is 23.9 Å². The Balaban J connectivity index is 2.63. The molecule has 7 heteroatoms. The minimum absolute atomic E-state index is 0.0963. The van der Waals surface area contributed by atoms with Crippen molar-refractivity contribution in [3.8, 4) is 5.75 Å². The SMILES string of the molecule is NC(=O)C[C@H](NC(=O)C=Cc1ccc(O)cc1)C(=O)O. The summed E-state index contributed by atoms with van der Waals surface area (Å²) in [5.74, 6) is -2.72. The molecule has 0 aliphatic rings. The lowest BCUT2D eigenvalue weighted by Crippen LogP contribution is -2.42. The number of benzene rings is 1. The first-order valence-electron chi connectivity index (χ1n) is 5.67. The molecule has 0 spiro atoms. The van der Waals surface area contributed by atoms with Crippen LogP contribution in [0.3, 0.4) is 0 Å². The summed E-state index contributed by atoms with van der Waals surface area (Å²) in [7, 11) is 0. The molecular formula is C13H14N2O5. The second kappa shape index (κ2) is 6.93. The van der Waals surface area contributed by atoms with Crippen LogP contribution in [0.4, 0.5) is 0 Å². The molecule has 0 aliphatic carbocycles. The molecule has 2 amide bonds. The first-order valence-corrected chi connectivity index (χ1v) is 5.67. The highest BCUT2D eigenvalue weighted by Gasteiger charge is 2.20. The molecule has 1 atom stereocenters. The molecule has 0 saturated carbocycles. The molecule has 0 aliphatic heterocycles. The third-order valence-corrected chi connectivity index (χ3v) is 2.34. The van der Waals surface area contributed by atoms with Crippen molar-refractivity contribution in [1.82, 2.24) is 5.32 Å². The maximum atomic E-state index is 11.5. The third-order valence-electron chi connectivity index (χ3n) is 2.34. The van der Waals surface area contributed by atoms with Crippen molar-refractivity contribution < 1.29 is 24.6 Å². The fourth-order valence-electron chi connectivity index (χ4n) is 1.38. The van der Waals surface area contributed by atoms with Crippen LogP contribution in [0.1, 0.15) is 12.0 Å². The summed E-state index contributed by atoms with van der Waals surface area (Å²) in [6, 6.07) is 4.70. The van der Waals surface area contributed by atoms with E-state index in [1.54, 1.807) is 12.1 Å². The monoisotopic (exact) mass is 278 g/mol. The van der Waals surface area contributed by atoms with Crippen molar-refractivity contribution in [2.24, 2.45) is 5.73 Å². The van der Waals surface area contributed by atoms with Crippen LogP contribution < -0.4 is 11.1 Å². The number of carboxylic acids is 1. The van der Waals surface area contributed by atoms with Gasteiger partial charge >= 0.3 is 5.97 Å². The van der Waals surface area contributed by atoms with Crippen molar-refractivity contribution in [1.29, 1.82) is 0 Å². The van der Waals surface area contributed by atoms with Gasteiger partial charge in [0.15, 0.2) is 0 Å². The van der Waals surface area contributed by atoms with E-state index in [1.807, 2.05) is 0 Å². The number of carboxylic acid groups (broad SMARTS) is 1. The van der Waals surface area contributed by atoms with E-state index in [0.29, 0.717) is 5.56 Å². The van der Waals surface area contributed by atoms with E-state index in [1.165, 1.54) is 18.2 Å². The number of nitrogens with one attached hydrogen (secondary N) is 1. The molecule has 1 aromatic carbocycles. The first-order chi connectivity index (χ1) is 9.38. The van der Waals surface area contributed by atoms with E-state index in [-0.39, 0.29) is 5.75 Å². The van der Waals surface area contributed by atoms with E-state index in [4.69, 9.17) is 15.9 Å². The molecule has 1 aromatic rings. The topological polar surface area (TPSA) is 130 Å². The fraction of sp³-hybridized carbons (Fsp3) is 0.154. The van der Waals surface area contributed by atoms with Crippen LogP contribution in [0.25, 0.3) is 6.08 Å². The van der Waals surface area contributed by atoms with Crippen molar-refractivity contribution in [2.45, 2.75) is 12.5 Å². The van der Waals surface area contributed by atoms with E-state index >= 15 is 0 Å². The van der Waals surface area contributed by atoms with Crippen molar-refractivity contribution in [2.75, 3.05) is 0 Å². The van der Waals surface area contributed by atoms with Gasteiger partial charge in [0.2, 0.25) is 11.8 Å². The number of aromatic hydroxyl groups is 1. The zero-order valence-electron chi connectivity index (χ0n) is 10.4. The summed E-state index contributed by atoms with van der Waals surface area (Å²) < 4.78 is 0. The highest BCUT2D eigenvalue weighted by atomic mass is 16.4. The largest absolute Gasteiger partial charge is 0.508 e. The van der Waals surface area contributed by atoms with E-state index < -0.39 is 30.2 Å². The van der Waals surface area contributed by atoms with Crippen molar-refractivity contribution in [3.63, 3.8) is 0 Å². The number of rotatable bonds is 6. The van der Waals surface area contributed by atoms with Gasteiger partial charge in [-0.3, -0.25) is 9.59 Å². The van der Waals surface area contributed by atoms with Crippen LogP contribution in [0.2, 0.25) is 0 Å². The molecule has 0 saturated heterocycles. The Bertz CT molecular complexity index is 536. The van der Waals surface area contributed by atoms with Gasteiger partial charge < -0.3 is 21.3 Å². The lowest BCUT2D eigenvalue weighted by atomic mass is 10.2. The summed E-state index contributed by atoms with van der Waals surface area (Å²) in [5.41, 5.74) is 5.54. The molecule has 7 nitrogen and oxygen atoms in total. The van der Waals surface area contributed by atoms with Gasteiger partial charge in [0, 0.05) is 6.08 Å². The maximum absolute atomic E-state index is 11.5. The number of phenols is 1. The summed E-state index contributed by atoms with van der Waals surface area (Å²) >= 11 is 0. The quantitative estimate of drug-likeness (QED) is 0.538. The number of carbonyl (C=O) groups is 3. The number of phenolic OH excluding ortho intramolecular Hbond substituents is 1. The molecule has 5 N–H and O–H groups in total. The predicted molar refractivity (Wildman–Crippen MR) is 70.5 cm³/mol. The number of hydrogen-bond acceptors (Lipinski definition) is 4. The van der Waals surface area contributed by atoms with Gasteiger partial charge in [-0.15, -0.1) is 0 Å². The summed E-state index contributed by atoms with van der Waals surface area (Å²) in [5, 5.41) is 20.1. The Labute approximate surface area is 114 Å². The molecular weight excluding hydrogens is 264 g/mol. The molecule has 20 heavy (non-hydrogen) atoms. The Morgan fingerprint density at radius 2 is 1.85 bits per heavy atom. The van der Waals surface area contributed by atoms with Crippen LogP contribution >= 0.6 is 0 Å². The average Bonchev–Trinajstić information content (AvgIpc) is 2.36. The molecule has 0 bridgehead atoms. The van der Waals surface area contributed by atoms with Gasteiger partial charge in [-0.2, -0.15) is 0 Å². The molecule has 106 valence electrons. The summed E-state index contributed by atoms with van der Waals surface area (Å²) in [6.45, 7) is 0. The van der Waals surface area contributed by atoms with Crippen molar-refractivity contribution in [3.05, 3.63) is 35.9 Å². The second-order valence-electron chi connectivity index (χ2n) is 3.99. The van der Waals surface area contributed by atoms with E-state index in [9.17, 15) is 14.4 Å². The van der Waals surface area contributed by atoms with Gasteiger partial charge in [0.1, 0.15) is 11.8 Å². The van der Waals surface area contributed by atoms with E-state index in [2.05, 4.69) is 5.32 Å². The number of carbonyl (C=O) groups excluding carboxylic acids is 2. The normalized spacial score (nSPS) is 12.0. The molecule has 0 fully saturated rings. The number of primary amides is 1. The predicted octanol–water partition coefficient (Wildman–Crippen LogP) is -0.150. The average molecular weight is 278 g/mol. The van der Waals surface area contributed by atoms with Crippen LogP contribution in [-0.2, 0) is 14.4 Å². The van der Waals surface area contributed by atoms with E-state index in [0.717, 1.165) is 6.08 Å². The standard InChI is InChI=1S/C13H14N2O5/c14-11(17)7-10(13(19)20)15-12(18)6-3-8-1-4-9(16)5-2-8/h1-6,10,16H,7H2,(H2,14,17)(H,15,18)(H,19,20)/t10-/m0/s1. The van der Waals surface area contributed by atoms with Crippen LogP contribution in [0.15, 0.2) is 30.3 Å². The number of aliphatic carboxylic acids is 1. The third kappa shape index (κ3) is 5.21. The smallest absolute Gasteiger partial charge is 0.326 e. The van der Waals surface area contributed by atoms with Crippen LogP contribution in [-0.4, -0.2) is 34.0 Å². The Hall–Kier alpha value is -2.83. The molecule has 0 radical (unpaired) electrons. The fourth-order valence-corrected chi connectivity index (χ4v) is 1.38. The Kier molecular flexibility index (Phi) is 5.28. The number of hydrogen-bond donors (Lipinski definition) is 4. The van der Waals surface area contributed by atoms with Gasteiger partial charge in [0.25, 0.3) is 0 Å². The van der Waals surface area contributed by atoms with Gasteiger partial charge in [-0.1, -0.05) is 12.1 Å². The first kappa shape index (κ1) is 15.2. The zero-order valence-corrected chi connectivity index (χ0v) is 10.4. The lowest BCUT2D eigenvalue weighted by Gasteiger charge is -2.10. The second-order valence-corrected chi connectivity index (χ2v) is 3.99. The molecule has 0 heterocycles. The minimum Gasteiger partial charge on any atom is -0.508 e. The number of amides is 2. The highest BCUT2D eigenvalue weighted by Crippen LogP contribution is 2.10. The zero-order chi connectivity index (χ0) is 15.1. The van der Waals surface area contributed by atoms with Gasteiger partial charge in [-0.25, -0.2) is 4.79 Å². The molecule has 0 aromatic heterocycles. The van der Waals surface area contributed by atoms with Crippen LogP contribution in [0.5, 0.6) is 5.75 Å². The maximum Gasteiger partial charge on any atom is 0.326 e. The highest BCUT2D eigenvalue weighted by molar-refractivity contribution is 5.95. The van der Waals surface area contributed by atoms with Gasteiger partial charge in [-0.05, 0) is 23.8 Å². The lowest BCUT2D eigenvalue weighted by molar-refractivity contribution is -0.142. The van der Waals surface area contributed by atoms with Crippen LogP contribution in [0, 0.1) is 0 Å².